The van der Waals surface area contributed by atoms with Crippen LogP contribution in [0.4, 0.5) is 0 Å². The summed E-state index contributed by atoms with van der Waals surface area (Å²) in [6.07, 6.45) is 0. The molecule has 0 aromatic heterocycles. The van der Waals surface area contributed by atoms with Crippen molar-refractivity contribution in [1.82, 2.24) is 10.2 Å². The molecule has 5 heteroatoms. The van der Waals surface area contributed by atoms with Gasteiger partial charge in [-0.3, -0.25) is 4.79 Å². The molecule has 1 aromatic rings. The lowest BCUT2D eigenvalue weighted by Crippen LogP contribution is -2.36. The first-order chi connectivity index (χ1) is 8.99. The molecule has 0 spiro atoms. The van der Waals surface area contributed by atoms with Crippen molar-refractivity contribution >= 4 is 5.91 Å². The van der Waals surface area contributed by atoms with Gasteiger partial charge in [-0.2, -0.15) is 0 Å². The van der Waals surface area contributed by atoms with Crippen LogP contribution in [-0.2, 0) is 4.79 Å². The number of aromatic hydroxyl groups is 1. The molecule has 5 nitrogen and oxygen atoms in total. The second-order valence-corrected chi connectivity index (χ2v) is 4.44. The number of hydrogen-bond acceptors (Lipinski definition) is 4. The molecular weight excluding hydrogens is 244 g/mol. The number of amides is 1. The number of methoxy groups -OCH3 is 1. The van der Waals surface area contributed by atoms with Crippen molar-refractivity contribution in [2.45, 2.75) is 19.9 Å². The van der Waals surface area contributed by atoms with E-state index >= 15 is 0 Å². The van der Waals surface area contributed by atoms with E-state index in [0.29, 0.717) is 17.9 Å². The second kappa shape index (κ2) is 6.99. The van der Waals surface area contributed by atoms with Crippen LogP contribution < -0.4 is 10.1 Å². The number of likely N-dealkylation sites (N-methyl/N-ethyl adjacent to an activating group) is 1. The molecule has 2 N–H and O–H groups in total. The van der Waals surface area contributed by atoms with Crippen LogP contribution in [0, 0.1) is 0 Å². The van der Waals surface area contributed by atoms with Crippen LogP contribution in [0.3, 0.4) is 0 Å². The van der Waals surface area contributed by atoms with Crippen molar-refractivity contribution in [1.29, 1.82) is 0 Å². The van der Waals surface area contributed by atoms with Crippen molar-refractivity contribution in [3.63, 3.8) is 0 Å². The molecule has 0 aliphatic carbocycles. The van der Waals surface area contributed by atoms with Crippen molar-refractivity contribution in [3.8, 4) is 11.5 Å². The summed E-state index contributed by atoms with van der Waals surface area (Å²) in [6, 6.07) is 4.92. The molecule has 1 unspecified atom stereocenters. The Morgan fingerprint density at radius 2 is 2.21 bits per heavy atom. The summed E-state index contributed by atoms with van der Waals surface area (Å²) in [5.74, 6) is 0.896. The monoisotopic (exact) mass is 266 g/mol. The predicted molar refractivity (Wildman–Crippen MR) is 74.4 cm³/mol. The maximum atomic E-state index is 11.7. The molecule has 1 amide bonds. The zero-order valence-corrected chi connectivity index (χ0v) is 11.9. The molecule has 0 bridgehead atoms. The maximum Gasteiger partial charge on any atom is 0.236 e. The number of rotatable bonds is 6. The maximum absolute atomic E-state index is 11.7. The largest absolute Gasteiger partial charge is 0.508 e. The SMILES string of the molecule is CCN(C)C(=O)CNC(C)c1cc(OC)ccc1O. The van der Waals surface area contributed by atoms with E-state index in [9.17, 15) is 9.90 Å². The van der Waals surface area contributed by atoms with Crippen LogP contribution in [0.2, 0.25) is 0 Å². The molecular formula is C14H22N2O3. The van der Waals surface area contributed by atoms with Crippen molar-refractivity contribution in [3.05, 3.63) is 23.8 Å². The highest BCUT2D eigenvalue weighted by atomic mass is 16.5. The summed E-state index contributed by atoms with van der Waals surface area (Å²) in [5.41, 5.74) is 0.714. The molecule has 1 aromatic carbocycles. The molecule has 0 aliphatic rings. The van der Waals surface area contributed by atoms with E-state index in [0.717, 1.165) is 0 Å². The number of ether oxygens (including phenoxy) is 1. The van der Waals surface area contributed by atoms with Gasteiger partial charge in [-0.25, -0.2) is 0 Å². The molecule has 0 heterocycles. The fourth-order valence-corrected chi connectivity index (χ4v) is 1.67. The summed E-state index contributed by atoms with van der Waals surface area (Å²) in [7, 11) is 3.34. The van der Waals surface area contributed by atoms with Crippen molar-refractivity contribution in [2.24, 2.45) is 0 Å². The van der Waals surface area contributed by atoms with Crippen LogP contribution in [0.15, 0.2) is 18.2 Å². The van der Waals surface area contributed by atoms with E-state index in [-0.39, 0.29) is 24.2 Å². The van der Waals surface area contributed by atoms with Gasteiger partial charge in [0.25, 0.3) is 0 Å². The summed E-state index contributed by atoms with van der Waals surface area (Å²) in [6.45, 7) is 4.74. The average Bonchev–Trinajstić information content (AvgIpc) is 2.43. The summed E-state index contributed by atoms with van der Waals surface area (Å²) < 4.78 is 5.13. The van der Waals surface area contributed by atoms with Crippen molar-refractivity contribution in [2.75, 3.05) is 27.2 Å². The first kappa shape index (κ1) is 15.3. The lowest BCUT2D eigenvalue weighted by molar-refractivity contribution is -0.128. The van der Waals surface area contributed by atoms with Crippen LogP contribution in [0.25, 0.3) is 0 Å². The quantitative estimate of drug-likeness (QED) is 0.819. The molecule has 106 valence electrons. The minimum absolute atomic E-state index is 0.0248. The lowest BCUT2D eigenvalue weighted by atomic mass is 10.1. The van der Waals surface area contributed by atoms with E-state index < -0.39 is 0 Å². The average molecular weight is 266 g/mol. The number of phenols is 1. The number of benzene rings is 1. The molecule has 0 saturated carbocycles. The highest BCUT2D eigenvalue weighted by Gasteiger charge is 2.14. The van der Waals surface area contributed by atoms with E-state index in [1.807, 2.05) is 13.8 Å². The van der Waals surface area contributed by atoms with Gasteiger partial charge in [-0.1, -0.05) is 0 Å². The van der Waals surface area contributed by atoms with E-state index in [4.69, 9.17) is 4.74 Å². The zero-order valence-electron chi connectivity index (χ0n) is 11.9. The molecule has 0 fully saturated rings. The van der Waals surface area contributed by atoms with Gasteiger partial charge in [-0.05, 0) is 32.0 Å². The number of phenolic OH excluding ortho intramolecular Hbond substituents is 1. The standard InChI is InChI=1S/C14H22N2O3/c1-5-16(3)14(18)9-15-10(2)12-8-11(19-4)6-7-13(12)17/h6-8,10,15,17H,5,9H2,1-4H3. The minimum Gasteiger partial charge on any atom is -0.508 e. The molecule has 0 radical (unpaired) electrons. The number of nitrogens with one attached hydrogen (secondary N) is 1. The number of carbonyl (C=O) groups excluding carboxylic acids is 1. The highest BCUT2D eigenvalue weighted by Crippen LogP contribution is 2.28. The van der Waals surface area contributed by atoms with Gasteiger partial charge >= 0.3 is 0 Å². The Balaban J connectivity index is 2.67. The van der Waals surface area contributed by atoms with Gasteiger partial charge in [0.15, 0.2) is 0 Å². The topological polar surface area (TPSA) is 61.8 Å². The van der Waals surface area contributed by atoms with Gasteiger partial charge < -0.3 is 20.1 Å². The van der Waals surface area contributed by atoms with Gasteiger partial charge in [-0.15, -0.1) is 0 Å². The van der Waals surface area contributed by atoms with Gasteiger partial charge in [0, 0.05) is 25.2 Å². The van der Waals surface area contributed by atoms with Gasteiger partial charge in [0.05, 0.1) is 13.7 Å². The van der Waals surface area contributed by atoms with Crippen LogP contribution in [0.5, 0.6) is 11.5 Å². The van der Waals surface area contributed by atoms with Crippen LogP contribution in [-0.4, -0.2) is 43.2 Å². The van der Waals surface area contributed by atoms with Crippen LogP contribution in [0.1, 0.15) is 25.5 Å². The molecule has 1 atom stereocenters. The predicted octanol–water partition coefficient (Wildman–Crippen LogP) is 1.53. The third-order valence-corrected chi connectivity index (χ3v) is 3.16. The third kappa shape index (κ3) is 4.13. The molecule has 0 saturated heterocycles. The zero-order chi connectivity index (χ0) is 14.4. The fraction of sp³-hybridized carbons (Fsp3) is 0.500. The number of hydrogen-bond donors (Lipinski definition) is 2. The Morgan fingerprint density at radius 3 is 2.79 bits per heavy atom. The Morgan fingerprint density at radius 1 is 1.53 bits per heavy atom. The Kier molecular flexibility index (Phi) is 5.63. The van der Waals surface area contributed by atoms with Gasteiger partial charge in [0.1, 0.15) is 11.5 Å². The summed E-state index contributed by atoms with van der Waals surface area (Å²) >= 11 is 0. The Hall–Kier alpha value is -1.75. The minimum atomic E-state index is -0.135. The third-order valence-electron chi connectivity index (χ3n) is 3.16. The first-order valence-corrected chi connectivity index (χ1v) is 6.33. The van der Waals surface area contributed by atoms with Crippen molar-refractivity contribution < 1.29 is 14.6 Å². The Bertz CT molecular complexity index is 435. The molecule has 19 heavy (non-hydrogen) atoms. The van der Waals surface area contributed by atoms with Gasteiger partial charge in [0.2, 0.25) is 5.91 Å². The van der Waals surface area contributed by atoms with Crippen LogP contribution >= 0.6 is 0 Å². The second-order valence-electron chi connectivity index (χ2n) is 4.44. The fourth-order valence-electron chi connectivity index (χ4n) is 1.67. The van der Waals surface area contributed by atoms with E-state index in [1.165, 1.54) is 0 Å². The smallest absolute Gasteiger partial charge is 0.236 e. The summed E-state index contributed by atoms with van der Waals surface area (Å²) in [5, 5.41) is 12.9. The number of nitrogens with zero attached hydrogens (tertiary/aromatic N) is 1. The number of carbonyl (C=O) groups is 1. The summed E-state index contributed by atoms with van der Waals surface area (Å²) in [4.78, 5) is 13.3. The highest BCUT2D eigenvalue weighted by molar-refractivity contribution is 5.77. The normalized spacial score (nSPS) is 12.0. The van der Waals surface area contributed by atoms with E-state index in [1.54, 1.807) is 37.3 Å². The molecule has 0 aliphatic heterocycles. The first-order valence-electron chi connectivity index (χ1n) is 6.33. The Labute approximate surface area is 114 Å². The molecule has 1 rings (SSSR count). The lowest BCUT2D eigenvalue weighted by Gasteiger charge is -2.19. The van der Waals surface area contributed by atoms with E-state index in [2.05, 4.69) is 5.32 Å².